The van der Waals surface area contributed by atoms with Gasteiger partial charge in [-0.1, -0.05) is 164 Å². The molecule has 0 aliphatic rings. The molecule has 0 amide bonds. The number of rotatable bonds is 6. The summed E-state index contributed by atoms with van der Waals surface area (Å²) >= 11 is 1.79. The highest BCUT2D eigenvalue weighted by molar-refractivity contribution is 7.26. The number of nitrogens with zero attached hydrogens (tertiary/aromatic N) is 4. The minimum absolute atomic E-state index is 0.615. The van der Waals surface area contributed by atoms with E-state index in [2.05, 4.69) is 211 Å². The maximum Gasteiger partial charge on any atom is 0.166 e. The summed E-state index contributed by atoms with van der Waals surface area (Å²) in [5.41, 5.74) is 10.7. The Kier molecular flexibility index (Phi) is 8.00. The monoisotopic (exact) mass is 782 g/mol. The Morgan fingerprint density at radius 2 is 0.867 bits per heavy atom. The lowest BCUT2D eigenvalue weighted by atomic mass is 9.91. The predicted molar refractivity (Wildman–Crippen MR) is 252 cm³/mol. The van der Waals surface area contributed by atoms with Gasteiger partial charge in [0.15, 0.2) is 17.5 Å². The van der Waals surface area contributed by atoms with Gasteiger partial charge in [-0.25, -0.2) is 15.0 Å². The van der Waals surface area contributed by atoms with Crippen LogP contribution in [-0.2, 0) is 0 Å². The topological polar surface area (TPSA) is 43.6 Å². The molecule has 0 N–H and O–H groups in total. The first-order valence-corrected chi connectivity index (χ1v) is 21.0. The molecule has 0 unspecified atom stereocenters. The molecule has 3 heterocycles. The van der Waals surface area contributed by atoms with E-state index < -0.39 is 0 Å². The van der Waals surface area contributed by atoms with Crippen molar-refractivity contribution >= 4 is 64.1 Å². The molecule has 0 spiro atoms. The molecule has 3 aromatic heterocycles. The summed E-state index contributed by atoms with van der Waals surface area (Å²) in [5, 5.41) is 7.15. The summed E-state index contributed by atoms with van der Waals surface area (Å²) in [7, 11) is 0. The van der Waals surface area contributed by atoms with Crippen molar-refractivity contribution in [3.05, 3.63) is 206 Å². The third-order valence-corrected chi connectivity index (χ3v) is 12.9. The molecule has 4 nitrogen and oxygen atoms in total. The van der Waals surface area contributed by atoms with Crippen molar-refractivity contribution in [2.75, 3.05) is 0 Å². The van der Waals surface area contributed by atoms with Crippen molar-refractivity contribution in [3.8, 4) is 62.1 Å². The van der Waals surface area contributed by atoms with Crippen LogP contribution in [0.1, 0.15) is 0 Å². The lowest BCUT2D eigenvalue weighted by Gasteiger charge is -2.17. The summed E-state index contributed by atoms with van der Waals surface area (Å²) in [6, 6.07) is 73.2. The number of aromatic nitrogens is 4. The summed E-state index contributed by atoms with van der Waals surface area (Å²) in [6.07, 6.45) is 0. The summed E-state index contributed by atoms with van der Waals surface area (Å²) in [6.45, 7) is 0. The van der Waals surface area contributed by atoms with E-state index in [0.717, 1.165) is 60.0 Å². The molecule has 0 bridgehead atoms. The Labute approximate surface area is 350 Å². The molecule has 0 fully saturated rings. The van der Waals surface area contributed by atoms with Gasteiger partial charge < -0.3 is 4.57 Å². The van der Waals surface area contributed by atoms with Gasteiger partial charge in [-0.2, -0.15) is 0 Å². The van der Waals surface area contributed by atoms with Crippen LogP contribution in [0.5, 0.6) is 0 Å². The highest BCUT2D eigenvalue weighted by atomic mass is 32.1. The van der Waals surface area contributed by atoms with Crippen LogP contribution in [0.15, 0.2) is 206 Å². The zero-order valence-electron chi connectivity index (χ0n) is 32.3. The fraction of sp³-hybridized carbons (Fsp3) is 0. The van der Waals surface area contributed by atoms with Gasteiger partial charge >= 0.3 is 0 Å². The van der Waals surface area contributed by atoms with Crippen LogP contribution < -0.4 is 0 Å². The highest BCUT2D eigenvalue weighted by Gasteiger charge is 2.22. The Morgan fingerprint density at radius 1 is 0.333 bits per heavy atom. The van der Waals surface area contributed by atoms with E-state index in [-0.39, 0.29) is 0 Å². The second-order valence-electron chi connectivity index (χ2n) is 15.1. The Bertz CT molecular complexity index is 3550. The van der Waals surface area contributed by atoms with Gasteiger partial charge in [0.2, 0.25) is 0 Å². The van der Waals surface area contributed by atoms with Gasteiger partial charge in [0, 0.05) is 53.2 Å². The minimum Gasteiger partial charge on any atom is -0.309 e. The van der Waals surface area contributed by atoms with Gasteiger partial charge in [-0.3, -0.25) is 0 Å². The standard InChI is InChI=1S/C55H34N4S/c1-2-15-35(16-3-1)36-29-31-38(32-30-36)51-39-18-5-4-17-37(39)33-34-45(51)54-56-53(57-55(58-54)46-24-14-23-43-42-21-9-13-28-50(42)60-52(43)46)44-22-8-12-27-49(44)59-47-25-10-6-19-40(47)41-20-7-11-26-48(41)59/h1-34H. The van der Waals surface area contributed by atoms with E-state index in [1.54, 1.807) is 11.3 Å². The van der Waals surface area contributed by atoms with Crippen molar-refractivity contribution < 1.29 is 0 Å². The molecular weight excluding hydrogens is 749 g/mol. The Morgan fingerprint density at radius 3 is 1.63 bits per heavy atom. The third-order valence-electron chi connectivity index (χ3n) is 11.7. The second kappa shape index (κ2) is 14.0. The summed E-state index contributed by atoms with van der Waals surface area (Å²) in [5.74, 6) is 1.88. The molecule has 0 saturated heterocycles. The van der Waals surface area contributed by atoms with E-state index in [1.807, 2.05) is 0 Å². The van der Waals surface area contributed by atoms with Crippen LogP contribution in [-0.4, -0.2) is 19.5 Å². The number of hydrogen-bond acceptors (Lipinski definition) is 4. The third kappa shape index (κ3) is 5.55. The molecule has 12 rings (SSSR count). The van der Waals surface area contributed by atoms with Gasteiger partial charge in [-0.15, -0.1) is 11.3 Å². The van der Waals surface area contributed by atoms with Crippen LogP contribution in [0.2, 0.25) is 0 Å². The molecule has 5 heteroatoms. The van der Waals surface area contributed by atoms with Crippen molar-refractivity contribution in [1.29, 1.82) is 0 Å². The van der Waals surface area contributed by atoms with Crippen molar-refractivity contribution in [2.24, 2.45) is 0 Å². The quantitative estimate of drug-likeness (QED) is 0.169. The number of fused-ring (bicyclic) bond motifs is 7. The van der Waals surface area contributed by atoms with E-state index >= 15 is 0 Å². The smallest absolute Gasteiger partial charge is 0.166 e. The van der Waals surface area contributed by atoms with Crippen molar-refractivity contribution in [1.82, 2.24) is 19.5 Å². The molecule has 280 valence electrons. The van der Waals surface area contributed by atoms with Gasteiger partial charge in [0.25, 0.3) is 0 Å². The average Bonchev–Trinajstić information content (AvgIpc) is 3.87. The summed E-state index contributed by atoms with van der Waals surface area (Å²) < 4.78 is 4.75. The number of hydrogen-bond donors (Lipinski definition) is 0. The van der Waals surface area contributed by atoms with Crippen LogP contribution in [0, 0.1) is 0 Å². The molecule has 12 aromatic rings. The molecule has 9 aromatic carbocycles. The van der Waals surface area contributed by atoms with E-state index in [0.29, 0.717) is 17.5 Å². The SMILES string of the molecule is c1ccc(-c2ccc(-c3c(-c4nc(-c5ccccc5-n5c6ccccc6c6ccccc65)nc(-c5cccc6c5sc5ccccc56)n4)ccc4ccccc34)cc2)cc1. The average molecular weight is 783 g/mol. The van der Waals surface area contributed by atoms with Crippen molar-refractivity contribution in [3.63, 3.8) is 0 Å². The van der Waals surface area contributed by atoms with E-state index in [4.69, 9.17) is 15.0 Å². The zero-order valence-corrected chi connectivity index (χ0v) is 33.1. The van der Waals surface area contributed by atoms with Crippen LogP contribution in [0.4, 0.5) is 0 Å². The fourth-order valence-corrected chi connectivity index (χ4v) is 10.1. The van der Waals surface area contributed by atoms with Crippen LogP contribution in [0.3, 0.4) is 0 Å². The highest BCUT2D eigenvalue weighted by Crippen LogP contribution is 2.43. The second-order valence-corrected chi connectivity index (χ2v) is 16.2. The van der Waals surface area contributed by atoms with E-state index in [9.17, 15) is 0 Å². The maximum atomic E-state index is 5.48. The van der Waals surface area contributed by atoms with Gasteiger partial charge in [0.05, 0.1) is 16.7 Å². The van der Waals surface area contributed by atoms with Gasteiger partial charge in [-0.05, 0) is 69.9 Å². The van der Waals surface area contributed by atoms with E-state index in [1.165, 1.54) is 37.4 Å². The Hall–Kier alpha value is -7.73. The number of para-hydroxylation sites is 3. The van der Waals surface area contributed by atoms with Crippen LogP contribution in [0.25, 0.3) is 115 Å². The Balaban J connectivity index is 1.14. The predicted octanol–water partition coefficient (Wildman–Crippen LogP) is 14.8. The lowest BCUT2D eigenvalue weighted by molar-refractivity contribution is 1.07. The lowest BCUT2D eigenvalue weighted by Crippen LogP contribution is -2.04. The molecule has 0 aliphatic heterocycles. The molecule has 0 aliphatic carbocycles. The molecule has 0 saturated carbocycles. The first-order valence-electron chi connectivity index (χ1n) is 20.2. The molecule has 0 atom stereocenters. The largest absolute Gasteiger partial charge is 0.309 e. The summed E-state index contributed by atoms with van der Waals surface area (Å²) in [4.78, 5) is 16.4. The van der Waals surface area contributed by atoms with Crippen molar-refractivity contribution in [2.45, 2.75) is 0 Å². The fourth-order valence-electron chi connectivity index (χ4n) is 8.93. The molecule has 60 heavy (non-hydrogen) atoms. The number of thiophene rings is 1. The maximum absolute atomic E-state index is 5.48. The molecule has 0 radical (unpaired) electrons. The first kappa shape index (κ1) is 34.3. The normalized spacial score (nSPS) is 11.7. The number of benzene rings is 9. The minimum atomic E-state index is 0.615. The zero-order chi connectivity index (χ0) is 39.6. The van der Waals surface area contributed by atoms with Gasteiger partial charge in [0.1, 0.15) is 0 Å². The van der Waals surface area contributed by atoms with Crippen LogP contribution >= 0.6 is 11.3 Å². The molecular formula is C55H34N4S. The first-order chi connectivity index (χ1) is 29.8.